The van der Waals surface area contributed by atoms with Gasteiger partial charge in [-0.3, -0.25) is 0 Å². The van der Waals surface area contributed by atoms with Gasteiger partial charge in [0, 0.05) is 12.6 Å². The summed E-state index contributed by atoms with van der Waals surface area (Å²) in [4.78, 5) is 15.1. The maximum Gasteiger partial charge on any atom is 0.357 e. The molecule has 0 saturated carbocycles. The molecule has 0 unspecified atom stereocenters. The van der Waals surface area contributed by atoms with Crippen LogP contribution in [0.15, 0.2) is 18.2 Å². The van der Waals surface area contributed by atoms with Gasteiger partial charge in [-0.05, 0) is 19.4 Å². The van der Waals surface area contributed by atoms with Crippen LogP contribution in [0.2, 0.25) is 5.15 Å². The van der Waals surface area contributed by atoms with Crippen molar-refractivity contribution in [1.82, 2.24) is 9.55 Å². The number of nitrogens with zero attached hydrogens (tertiary/aromatic N) is 2. The Balaban J connectivity index is 2.64. The number of hydrogen-bond acceptors (Lipinski definition) is 2. The number of carbonyl (C=O) groups is 1. The van der Waals surface area contributed by atoms with Crippen LogP contribution in [0.3, 0.4) is 0 Å². The lowest BCUT2D eigenvalue weighted by atomic mass is 10.1. The van der Waals surface area contributed by atoms with Gasteiger partial charge in [-0.1, -0.05) is 35.4 Å². The summed E-state index contributed by atoms with van der Waals surface area (Å²) in [7, 11) is 1.70. The van der Waals surface area contributed by atoms with Crippen LogP contribution in [-0.2, 0) is 7.05 Å². The fourth-order valence-electron chi connectivity index (χ4n) is 1.92. The second-order valence-corrected chi connectivity index (χ2v) is 4.62. The van der Waals surface area contributed by atoms with Crippen molar-refractivity contribution >= 4 is 17.6 Å². The fourth-order valence-corrected chi connectivity index (χ4v) is 2.12. The molecule has 0 atom stereocenters. The average Bonchev–Trinajstić information content (AvgIpc) is 2.57. The van der Waals surface area contributed by atoms with Crippen LogP contribution in [0.5, 0.6) is 0 Å². The van der Waals surface area contributed by atoms with Gasteiger partial charge in [0.25, 0.3) is 0 Å². The van der Waals surface area contributed by atoms with Crippen LogP contribution in [0, 0.1) is 13.8 Å². The molecule has 0 radical (unpaired) electrons. The molecule has 0 amide bonds. The SMILES string of the molecule is Cc1ccc(-c2nc(C(=O)O)c(Cl)n2C)c(C)c1. The molecule has 0 aliphatic carbocycles. The number of halogens is 1. The molecule has 0 bridgehead atoms. The van der Waals surface area contributed by atoms with Crippen molar-refractivity contribution in [2.45, 2.75) is 13.8 Å². The zero-order valence-electron chi connectivity index (χ0n) is 10.4. The Morgan fingerprint density at radius 3 is 2.56 bits per heavy atom. The number of aromatic carboxylic acids is 1. The van der Waals surface area contributed by atoms with E-state index in [-0.39, 0.29) is 10.8 Å². The fraction of sp³-hybridized carbons (Fsp3) is 0.231. The van der Waals surface area contributed by atoms with Crippen LogP contribution in [0.1, 0.15) is 21.6 Å². The maximum atomic E-state index is 11.0. The van der Waals surface area contributed by atoms with Crippen molar-refractivity contribution in [3.8, 4) is 11.4 Å². The van der Waals surface area contributed by atoms with E-state index in [1.807, 2.05) is 32.0 Å². The molecule has 2 rings (SSSR count). The molecule has 0 spiro atoms. The van der Waals surface area contributed by atoms with Crippen molar-refractivity contribution in [3.63, 3.8) is 0 Å². The largest absolute Gasteiger partial charge is 0.476 e. The monoisotopic (exact) mass is 264 g/mol. The lowest BCUT2D eigenvalue weighted by Crippen LogP contribution is -1.97. The first kappa shape index (κ1) is 12.6. The van der Waals surface area contributed by atoms with E-state index >= 15 is 0 Å². The third-order valence-electron chi connectivity index (χ3n) is 2.85. The third-order valence-corrected chi connectivity index (χ3v) is 3.28. The molecular formula is C13H13ClN2O2. The van der Waals surface area contributed by atoms with Crippen LogP contribution in [0.25, 0.3) is 11.4 Å². The van der Waals surface area contributed by atoms with Crippen molar-refractivity contribution in [2.24, 2.45) is 7.05 Å². The first-order valence-corrected chi connectivity index (χ1v) is 5.82. The number of rotatable bonds is 2. The standard InChI is InChI=1S/C13H13ClN2O2/c1-7-4-5-9(8(2)6-7)12-15-10(13(17)18)11(14)16(12)3/h4-6H,1-3H3,(H,17,18). The number of carboxylic acids is 1. The number of aryl methyl sites for hydroxylation is 2. The van der Waals surface area contributed by atoms with Gasteiger partial charge in [-0.15, -0.1) is 0 Å². The highest BCUT2D eigenvalue weighted by Crippen LogP contribution is 2.27. The predicted octanol–water partition coefficient (Wildman–Crippen LogP) is 3.06. The highest BCUT2D eigenvalue weighted by atomic mass is 35.5. The quantitative estimate of drug-likeness (QED) is 0.907. The average molecular weight is 265 g/mol. The smallest absolute Gasteiger partial charge is 0.357 e. The molecule has 4 nitrogen and oxygen atoms in total. The summed E-state index contributed by atoms with van der Waals surface area (Å²) in [6, 6.07) is 5.92. The number of benzene rings is 1. The van der Waals surface area contributed by atoms with E-state index < -0.39 is 5.97 Å². The van der Waals surface area contributed by atoms with Crippen LogP contribution in [-0.4, -0.2) is 20.6 Å². The predicted molar refractivity (Wildman–Crippen MR) is 70.1 cm³/mol. The Bertz CT molecular complexity index is 632. The normalized spacial score (nSPS) is 10.7. The molecule has 1 aromatic heterocycles. The zero-order chi connectivity index (χ0) is 13.4. The highest BCUT2D eigenvalue weighted by molar-refractivity contribution is 6.32. The maximum absolute atomic E-state index is 11.0. The molecule has 2 aromatic rings. The topological polar surface area (TPSA) is 55.1 Å². The van der Waals surface area contributed by atoms with Crippen LogP contribution < -0.4 is 0 Å². The van der Waals surface area contributed by atoms with Crippen molar-refractivity contribution < 1.29 is 9.90 Å². The minimum absolute atomic E-state index is 0.117. The molecular weight excluding hydrogens is 252 g/mol. The number of aromatic nitrogens is 2. The van der Waals surface area contributed by atoms with Gasteiger partial charge in [0.05, 0.1) is 0 Å². The molecule has 18 heavy (non-hydrogen) atoms. The molecule has 0 aliphatic heterocycles. The molecule has 0 saturated heterocycles. The second-order valence-electron chi connectivity index (χ2n) is 4.26. The van der Waals surface area contributed by atoms with Gasteiger partial charge < -0.3 is 9.67 Å². The Morgan fingerprint density at radius 2 is 2.06 bits per heavy atom. The van der Waals surface area contributed by atoms with Gasteiger partial charge >= 0.3 is 5.97 Å². The molecule has 0 aliphatic rings. The summed E-state index contributed by atoms with van der Waals surface area (Å²) in [6.45, 7) is 3.97. The summed E-state index contributed by atoms with van der Waals surface area (Å²) >= 11 is 5.96. The lowest BCUT2D eigenvalue weighted by molar-refractivity contribution is 0.0691. The van der Waals surface area contributed by atoms with E-state index in [9.17, 15) is 4.79 Å². The number of carboxylic acid groups (broad SMARTS) is 1. The summed E-state index contributed by atoms with van der Waals surface area (Å²) in [6.07, 6.45) is 0. The Morgan fingerprint density at radius 1 is 1.39 bits per heavy atom. The van der Waals surface area contributed by atoms with E-state index in [4.69, 9.17) is 16.7 Å². The molecule has 5 heteroatoms. The first-order chi connectivity index (χ1) is 8.41. The van der Waals surface area contributed by atoms with Crippen LogP contribution in [0.4, 0.5) is 0 Å². The highest BCUT2D eigenvalue weighted by Gasteiger charge is 2.20. The molecule has 1 heterocycles. The van der Waals surface area contributed by atoms with Crippen molar-refractivity contribution in [3.05, 3.63) is 40.2 Å². The molecule has 0 fully saturated rings. The third kappa shape index (κ3) is 1.99. The van der Waals surface area contributed by atoms with Gasteiger partial charge in [0.2, 0.25) is 0 Å². The minimum atomic E-state index is -1.12. The van der Waals surface area contributed by atoms with Gasteiger partial charge in [-0.25, -0.2) is 9.78 Å². The summed E-state index contributed by atoms with van der Waals surface area (Å²) in [5.41, 5.74) is 2.96. The van der Waals surface area contributed by atoms with E-state index in [2.05, 4.69) is 4.98 Å². The first-order valence-electron chi connectivity index (χ1n) is 5.45. The molecule has 94 valence electrons. The van der Waals surface area contributed by atoms with E-state index in [1.54, 1.807) is 11.6 Å². The van der Waals surface area contributed by atoms with Crippen molar-refractivity contribution in [1.29, 1.82) is 0 Å². The summed E-state index contributed by atoms with van der Waals surface area (Å²) < 4.78 is 1.59. The molecule has 1 aromatic carbocycles. The van der Waals surface area contributed by atoms with Gasteiger partial charge in [-0.2, -0.15) is 0 Å². The van der Waals surface area contributed by atoms with E-state index in [0.29, 0.717) is 5.82 Å². The summed E-state index contributed by atoms with van der Waals surface area (Å²) in [5, 5.41) is 9.14. The van der Waals surface area contributed by atoms with Crippen LogP contribution >= 0.6 is 11.6 Å². The minimum Gasteiger partial charge on any atom is -0.476 e. The Kier molecular flexibility index (Phi) is 3.13. The summed E-state index contributed by atoms with van der Waals surface area (Å²) in [5.74, 6) is -0.554. The Hall–Kier alpha value is -1.81. The second kappa shape index (κ2) is 4.46. The van der Waals surface area contributed by atoms with Gasteiger partial charge in [0.1, 0.15) is 11.0 Å². The Labute approximate surface area is 110 Å². The van der Waals surface area contributed by atoms with Gasteiger partial charge in [0.15, 0.2) is 5.69 Å². The van der Waals surface area contributed by atoms with E-state index in [1.165, 1.54) is 0 Å². The number of hydrogen-bond donors (Lipinski definition) is 1. The molecule has 1 N–H and O–H groups in total. The zero-order valence-corrected chi connectivity index (χ0v) is 11.1. The number of imidazole rings is 1. The lowest BCUT2D eigenvalue weighted by Gasteiger charge is -2.06. The van der Waals surface area contributed by atoms with E-state index in [0.717, 1.165) is 16.7 Å². The van der Waals surface area contributed by atoms with Crippen molar-refractivity contribution in [2.75, 3.05) is 0 Å².